The van der Waals surface area contributed by atoms with Crippen LogP contribution in [0.5, 0.6) is 0 Å². The lowest BCUT2D eigenvalue weighted by Gasteiger charge is -1.93. The number of benzene rings is 2. The van der Waals surface area contributed by atoms with Crippen LogP contribution in [0, 0.1) is 5.82 Å². The van der Waals surface area contributed by atoms with Crippen LogP contribution in [0.25, 0.3) is 23.3 Å². The fraction of sp³-hybridized carbons (Fsp3) is 0. The molecule has 0 amide bonds. The summed E-state index contributed by atoms with van der Waals surface area (Å²) >= 11 is 5.87. The Hall–Kier alpha value is -2.13. The van der Waals surface area contributed by atoms with Crippen LogP contribution in [-0.4, -0.2) is 4.98 Å². The second-order valence-corrected chi connectivity index (χ2v) is 4.46. The van der Waals surface area contributed by atoms with Crippen molar-refractivity contribution in [2.75, 3.05) is 0 Å². The average Bonchev–Trinajstić information content (AvgIpc) is 2.79. The molecule has 0 atom stereocenters. The van der Waals surface area contributed by atoms with Gasteiger partial charge in [0.05, 0.1) is 0 Å². The Morgan fingerprint density at radius 2 is 1.95 bits per heavy atom. The highest BCUT2D eigenvalue weighted by Crippen LogP contribution is 2.21. The lowest BCUT2D eigenvalue weighted by molar-refractivity contribution is 0.589. The van der Waals surface area contributed by atoms with Gasteiger partial charge in [0.25, 0.3) is 0 Å². The highest BCUT2D eigenvalue weighted by molar-refractivity contribution is 6.31. The molecule has 1 aromatic heterocycles. The number of aromatic nitrogens is 1. The minimum absolute atomic E-state index is 0.280. The highest BCUT2D eigenvalue weighted by Gasteiger charge is 2.03. The number of nitrogens with zero attached hydrogens (tertiary/aromatic N) is 1. The maximum Gasteiger partial charge on any atom is 0.220 e. The van der Waals surface area contributed by atoms with Gasteiger partial charge in [0.15, 0.2) is 5.58 Å². The first-order valence-corrected chi connectivity index (χ1v) is 6.09. The molecule has 1 heterocycles. The van der Waals surface area contributed by atoms with Crippen molar-refractivity contribution in [3.05, 3.63) is 64.8 Å². The first kappa shape index (κ1) is 11.9. The SMILES string of the molecule is Fc1ccccc1/C=C/c1nc2cc(Cl)ccc2o1. The van der Waals surface area contributed by atoms with Gasteiger partial charge in [0, 0.05) is 16.7 Å². The van der Waals surface area contributed by atoms with Gasteiger partial charge < -0.3 is 4.42 Å². The van der Waals surface area contributed by atoms with Crippen LogP contribution in [-0.2, 0) is 0 Å². The zero-order valence-electron chi connectivity index (χ0n) is 9.81. The summed E-state index contributed by atoms with van der Waals surface area (Å²) in [7, 11) is 0. The molecule has 2 nitrogen and oxygen atoms in total. The van der Waals surface area contributed by atoms with Gasteiger partial charge in [-0.1, -0.05) is 29.8 Å². The fourth-order valence-electron chi connectivity index (χ4n) is 1.76. The van der Waals surface area contributed by atoms with Gasteiger partial charge in [-0.05, 0) is 30.3 Å². The van der Waals surface area contributed by atoms with E-state index in [2.05, 4.69) is 4.98 Å². The first-order chi connectivity index (χ1) is 9.22. The zero-order chi connectivity index (χ0) is 13.2. The molecule has 3 rings (SSSR count). The topological polar surface area (TPSA) is 26.0 Å². The molecule has 0 aliphatic carbocycles. The van der Waals surface area contributed by atoms with E-state index in [1.54, 1.807) is 48.6 Å². The number of hydrogen-bond donors (Lipinski definition) is 0. The van der Waals surface area contributed by atoms with Gasteiger partial charge in [0.2, 0.25) is 5.89 Å². The molecule has 2 aromatic carbocycles. The van der Waals surface area contributed by atoms with Crippen LogP contribution in [0.2, 0.25) is 5.02 Å². The first-order valence-electron chi connectivity index (χ1n) is 5.71. The summed E-state index contributed by atoms with van der Waals surface area (Å²) in [5.74, 6) is 0.137. The van der Waals surface area contributed by atoms with E-state index in [-0.39, 0.29) is 5.82 Å². The molecule has 0 saturated carbocycles. The molecule has 0 bridgehead atoms. The van der Waals surface area contributed by atoms with Crippen LogP contribution in [0.3, 0.4) is 0 Å². The molecular formula is C15H9ClFNO. The maximum atomic E-state index is 13.4. The average molecular weight is 274 g/mol. The van der Waals surface area contributed by atoms with Crippen molar-refractivity contribution in [2.45, 2.75) is 0 Å². The Bertz CT molecular complexity index is 764. The summed E-state index contributed by atoms with van der Waals surface area (Å²) in [6.07, 6.45) is 3.26. The lowest BCUT2D eigenvalue weighted by Crippen LogP contribution is -1.79. The number of oxazole rings is 1. The molecule has 0 saturated heterocycles. The second-order valence-electron chi connectivity index (χ2n) is 4.02. The van der Waals surface area contributed by atoms with E-state index in [4.69, 9.17) is 16.0 Å². The Labute approximate surface area is 114 Å². The zero-order valence-corrected chi connectivity index (χ0v) is 10.6. The van der Waals surface area contributed by atoms with Crippen LogP contribution in [0.1, 0.15) is 11.5 Å². The summed E-state index contributed by atoms with van der Waals surface area (Å²) in [5.41, 5.74) is 1.82. The van der Waals surface area contributed by atoms with Gasteiger partial charge in [-0.15, -0.1) is 0 Å². The largest absolute Gasteiger partial charge is 0.437 e. The molecular weight excluding hydrogens is 265 g/mol. The molecule has 0 aliphatic heterocycles. The van der Waals surface area contributed by atoms with E-state index in [1.165, 1.54) is 6.07 Å². The standard InChI is InChI=1S/C15H9ClFNO/c16-11-6-7-14-13(9-11)18-15(19-14)8-5-10-3-1-2-4-12(10)17/h1-9H/b8-5+. The summed E-state index contributed by atoms with van der Waals surface area (Å²) < 4.78 is 18.9. The smallest absolute Gasteiger partial charge is 0.220 e. The van der Waals surface area contributed by atoms with Crippen LogP contribution in [0.15, 0.2) is 46.9 Å². The fourth-order valence-corrected chi connectivity index (χ4v) is 1.93. The van der Waals surface area contributed by atoms with E-state index >= 15 is 0 Å². The van der Waals surface area contributed by atoms with E-state index in [9.17, 15) is 4.39 Å². The normalized spacial score (nSPS) is 11.5. The highest BCUT2D eigenvalue weighted by atomic mass is 35.5. The van der Waals surface area contributed by atoms with E-state index in [0.29, 0.717) is 27.6 Å². The lowest BCUT2D eigenvalue weighted by atomic mass is 10.2. The van der Waals surface area contributed by atoms with Crippen LogP contribution < -0.4 is 0 Å². The van der Waals surface area contributed by atoms with Crippen molar-refractivity contribution in [3.8, 4) is 0 Å². The Kier molecular flexibility index (Phi) is 3.05. The molecule has 0 aliphatic rings. The Morgan fingerprint density at radius 1 is 1.11 bits per heavy atom. The van der Waals surface area contributed by atoms with Gasteiger partial charge in [-0.25, -0.2) is 9.37 Å². The van der Waals surface area contributed by atoms with Crippen molar-refractivity contribution >= 4 is 34.9 Å². The third kappa shape index (κ3) is 2.51. The summed E-state index contributed by atoms with van der Waals surface area (Å²) in [5, 5.41) is 0.602. The Morgan fingerprint density at radius 3 is 2.79 bits per heavy atom. The number of halogens is 2. The number of fused-ring (bicyclic) bond motifs is 1. The van der Waals surface area contributed by atoms with Crippen molar-refractivity contribution in [3.63, 3.8) is 0 Å². The van der Waals surface area contributed by atoms with Crippen LogP contribution >= 0.6 is 11.6 Å². The quantitative estimate of drug-likeness (QED) is 0.671. The summed E-state index contributed by atoms with van der Waals surface area (Å²) in [4.78, 5) is 4.26. The van der Waals surface area contributed by atoms with Gasteiger partial charge in [0.1, 0.15) is 11.3 Å². The second kappa shape index (κ2) is 4.86. The predicted molar refractivity (Wildman–Crippen MR) is 74.3 cm³/mol. The van der Waals surface area contributed by atoms with Crippen molar-refractivity contribution in [1.29, 1.82) is 0 Å². The summed E-state index contributed by atoms with van der Waals surface area (Å²) in [6, 6.07) is 11.7. The molecule has 0 spiro atoms. The third-order valence-corrected chi connectivity index (χ3v) is 2.91. The maximum absolute atomic E-state index is 13.4. The minimum atomic E-state index is -0.280. The molecule has 94 valence electrons. The number of hydrogen-bond acceptors (Lipinski definition) is 2. The molecule has 0 unspecified atom stereocenters. The van der Waals surface area contributed by atoms with Gasteiger partial charge in [-0.3, -0.25) is 0 Å². The van der Waals surface area contributed by atoms with E-state index < -0.39 is 0 Å². The third-order valence-electron chi connectivity index (χ3n) is 2.68. The van der Waals surface area contributed by atoms with Crippen molar-refractivity contribution in [2.24, 2.45) is 0 Å². The molecule has 0 N–H and O–H groups in total. The molecule has 19 heavy (non-hydrogen) atoms. The number of rotatable bonds is 2. The molecule has 4 heteroatoms. The molecule has 0 fully saturated rings. The monoisotopic (exact) mass is 273 g/mol. The van der Waals surface area contributed by atoms with Gasteiger partial charge in [-0.2, -0.15) is 0 Å². The summed E-state index contributed by atoms with van der Waals surface area (Å²) in [6.45, 7) is 0. The predicted octanol–water partition coefficient (Wildman–Crippen LogP) is 4.79. The molecule has 3 aromatic rings. The van der Waals surface area contributed by atoms with E-state index in [1.807, 2.05) is 0 Å². The van der Waals surface area contributed by atoms with Crippen molar-refractivity contribution < 1.29 is 8.81 Å². The minimum Gasteiger partial charge on any atom is -0.437 e. The van der Waals surface area contributed by atoms with Crippen LogP contribution in [0.4, 0.5) is 4.39 Å². The van der Waals surface area contributed by atoms with Gasteiger partial charge >= 0.3 is 0 Å². The molecule has 0 radical (unpaired) electrons. The van der Waals surface area contributed by atoms with Crippen molar-refractivity contribution in [1.82, 2.24) is 4.98 Å². The Balaban J connectivity index is 1.95. The van der Waals surface area contributed by atoms with E-state index in [0.717, 1.165) is 0 Å².